The topological polar surface area (TPSA) is 78.1 Å². The fourth-order valence-electron chi connectivity index (χ4n) is 0. The van der Waals surface area contributed by atoms with Gasteiger partial charge in [-0.05, 0) is 6.54 Å². The summed E-state index contributed by atoms with van der Waals surface area (Å²) in [6, 6.07) is 0. The molecule has 0 aromatic rings. The van der Waals surface area contributed by atoms with Crippen molar-refractivity contribution in [3.05, 3.63) is 0 Å². The van der Waals surface area contributed by atoms with Gasteiger partial charge in [0, 0.05) is 6.67 Å². The lowest BCUT2D eigenvalue weighted by molar-refractivity contribution is 1.07. The first-order valence-corrected chi connectivity index (χ1v) is 4.93. The summed E-state index contributed by atoms with van der Waals surface area (Å²) in [7, 11) is 0. The van der Waals surface area contributed by atoms with Gasteiger partial charge < -0.3 is 17.2 Å². The van der Waals surface area contributed by atoms with Crippen LogP contribution in [0.25, 0.3) is 0 Å². The second-order valence-electron chi connectivity index (χ2n) is 0.644. The van der Waals surface area contributed by atoms with E-state index in [9.17, 15) is 0 Å². The lowest BCUT2D eigenvalue weighted by Crippen LogP contribution is -2.08. The van der Waals surface area contributed by atoms with E-state index in [2.05, 4.69) is 11.5 Å². The van der Waals surface area contributed by atoms with Crippen molar-refractivity contribution in [1.82, 2.24) is 0 Å². The zero-order chi connectivity index (χ0) is 11.4. The Balaban J connectivity index is -0.00000000522. The third kappa shape index (κ3) is 160000. The van der Waals surface area contributed by atoms with Crippen LogP contribution in [0.5, 0.6) is 0 Å². The Bertz CT molecular complexity index is 13.1. The van der Waals surface area contributed by atoms with Crippen molar-refractivity contribution < 1.29 is 0 Å². The highest BCUT2D eigenvalue weighted by Crippen LogP contribution is 1.20. The van der Waals surface area contributed by atoms with Gasteiger partial charge in [0.05, 0.1) is 0 Å². The van der Waals surface area contributed by atoms with Gasteiger partial charge in [-0.2, -0.15) is 0 Å². The summed E-state index contributed by atoms with van der Waals surface area (Å²) in [5.41, 5.74) is 14.1. The first-order chi connectivity index (χ1) is 5.83. The van der Waals surface area contributed by atoms with E-state index in [1.54, 1.807) is 0 Å². The lowest BCUT2D eigenvalue weighted by Gasteiger charge is -1.56. The molecule has 0 aliphatic heterocycles. The van der Waals surface area contributed by atoms with Gasteiger partial charge in [-0.15, -0.1) is 0 Å². The predicted molar refractivity (Wildman–Crippen MR) is 88.9 cm³/mol. The number of hydrogen-bond acceptors (Lipinski definition) is 3. The molecule has 0 aliphatic carbocycles. The van der Waals surface area contributed by atoms with Gasteiger partial charge in [-0.3, -0.25) is 0 Å². The van der Waals surface area contributed by atoms with Crippen molar-refractivity contribution in [2.45, 2.75) is 78.2 Å². The van der Waals surface area contributed by atoms with E-state index in [0.29, 0.717) is 0 Å². The second kappa shape index (κ2) is 811. The Morgan fingerprint density at radius 1 is 0.562 bits per heavy atom. The molecule has 6 N–H and O–H groups in total. The molecule has 0 bridgehead atoms. The van der Waals surface area contributed by atoms with Crippen LogP contribution in [0.3, 0.4) is 0 Å². The van der Waals surface area contributed by atoms with Crippen LogP contribution in [-0.4, -0.2) is 13.2 Å². The van der Waals surface area contributed by atoms with Crippen LogP contribution in [0.4, 0.5) is 0 Å². The van der Waals surface area contributed by atoms with E-state index in [0.717, 1.165) is 6.54 Å². The lowest BCUT2D eigenvalue weighted by atomic mass is 10.8. The fourth-order valence-corrected chi connectivity index (χ4v) is 0. The smallest absolute Gasteiger partial charge is 0.0403 e. The summed E-state index contributed by atoms with van der Waals surface area (Å²) in [5.74, 6) is 0. The highest BCUT2D eigenvalue weighted by Gasteiger charge is 1.32. The summed E-state index contributed by atoms with van der Waals surface area (Å²) in [6.07, 6.45) is 0. The molecular weight excluding hydrogens is 198 g/mol. The average Bonchev–Trinajstić information content (AvgIpc) is 2.16. The summed E-state index contributed by atoms with van der Waals surface area (Å²) in [4.78, 5) is 0. The molecule has 0 spiro atoms. The maximum Gasteiger partial charge on any atom is 0.0403 e. The van der Waals surface area contributed by atoms with E-state index < -0.39 is 0 Å². The average molecular weight is 246 g/mol. The van der Waals surface area contributed by atoms with Gasteiger partial charge in [0.25, 0.3) is 0 Å². The standard InChI is InChI=1S/C2H7N.3C2H6.CH6N2.4CH4/c1-2-3;3*1-2;2-1-3;;;;/h2-3H2,1H3;3*1-2H3;1-3H2;4*1H4. The summed E-state index contributed by atoms with van der Waals surface area (Å²) in [5, 5.41) is 0. The molecule has 3 heteroatoms. The van der Waals surface area contributed by atoms with E-state index in [4.69, 9.17) is 5.73 Å². The molecule has 0 saturated carbocycles. The maximum absolute atomic E-state index is 4.85. The van der Waals surface area contributed by atoms with Gasteiger partial charge >= 0.3 is 0 Å². The van der Waals surface area contributed by atoms with Crippen LogP contribution in [0, 0.1) is 0 Å². The van der Waals surface area contributed by atoms with Gasteiger partial charge in [-0.25, -0.2) is 0 Å². The second-order valence-corrected chi connectivity index (χ2v) is 0.644. The zero-order valence-electron chi connectivity index (χ0n) is 10.1. The summed E-state index contributed by atoms with van der Waals surface area (Å²) < 4.78 is 0. The zero-order valence-corrected chi connectivity index (χ0v) is 10.1. The minimum absolute atomic E-state index is 0. The first-order valence-electron chi connectivity index (χ1n) is 4.93. The molecule has 0 atom stereocenters. The monoisotopic (exact) mass is 245 g/mol. The summed E-state index contributed by atoms with van der Waals surface area (Å²) >= 11 is 0. The SMILES string of the molecule is C.C.C.C.CC.CC.CC.CCN.NCN. The molecule has 0 radical (unpaired) electrons. The predicted octanol–water partition coefficient (Wildman–Crippen LogP) is 4.45. The number of hydrogen-bond donors (Lipinski definition) is 3. The van der Waals surface area contributed by atoms with E-state index in [1.165, 1.54) is 0 Å². The first kappa shape index (κ1) is 74.3. The van der Waals surface area contributed by atoms with Crippen molar-refractivity contribution in [2.24, 2.45) is 17.2 Å². The van der Waals surface area contributed by atoms with Gasteiger partial charge in [0.15, 0.2) is 0 Å². The van der Waals surface area contributed by atoms with Crippen LogP contribution >= 0.6 is 0 Å². The van der Waals surface area contributed by atoms with Crippen molar-refractivity contribution in [3.8, 4) is 0 Å². The number of nitrogens with two attached hydrogens (primary N) is 3. The molecule has 0 rings (SSSR count). The van der Waals surface area contributed by atoms with Crippen molar-refractivity contribution >= 4 is 0 Å². The van der Waals surface area contributed by atoms with Crippen molar-refractivity contribution in [2.75, 3.05) is 13.2 Å². The maximum atomic E-state index is 4.85. The van der Waals surface area contributed by atoms with Crippen LogP contribution in [0.2, 0.25) is 0 Å². The molecule has 0 saturated heterocycles. The molecule has 0 heterocycles. The normalized spacial score (nSPS) is 3.38. The Morgan fingerprint density at radius 3 is 0.562 bits per heavy atom. The van der Waals surface area contributed by atoms with Crippen LogP contribution < -0.4 is 17.2 Å². The Labute approximate surface area is 109 Å². The molecule has 3 nitrogen and oxygen atoms in total. The van der Waals surface area contributed by atoms with Crippen LogP contribution in [0.15, 0.2) is 0 Å². The molecule has 114 valence electrons. The molecule has 0 amide bonds. The van der Waals surface area contributed by atoms with Crippen LogP contribution in [0.1, 0.15) is 78.2 Å². The van der Waals surface area contributed by atoms with Crippen molar-refractivity contribution in [1.29, 1.82) is 0 Å². The van der Waals surface area contributed by atoms with Crippen molar-refractivity contribution in [3.63, 3.8) is 0 Å². The van der Waals surface area contributed by atoms with Gasteiger partial charge in [0.1, 0.15) is 0 Å². The number of rotatable bonds is 0. The molecule has 0 aromatic carbocycles. The fraction of sp³-hybridized carbons (Fsp3) is 1.00. The van der Waals surface area contributed by atoms with E-state index in [-0.39, 0.29) is 36.4 Å². The Morgan fingerprint density at radius 2 is 0.562 bits per heavy atom. The minimum Gasteiger partial charge on any atom is -0.331 e. The van der Waals surface area contributed by atoms with E-state index in [1.807, 2.05) is 48.5 Å². The third-order valence-electron chi connectivity index (χ3n) is 0. The van der Waals surface area contributed by atoms with Gasteiger partial charge in [0.2, 0.25) is 0 Å². The third-order valence-corrected chi connectivity index (χ3v) is 0. The highest BCUT2D eigenvalue weighted by atomic mass is 14.7. The Kier molecular flexibility index (Phi) is 3770. The highest BCUT2D eigenvalue weighted by molar-refractivity contribution is 4.00. The largest absolute Gasteiger partial charge is 0.331 e. The Hall–Kier alpha value is -0.120. The molecule has 16 heavy (non-hydrogen) atoms. The van der Waals surface area contributed by atoms with Crippen LogP contribution in [-0.2, 0) is 0 Å². The molecule has 0 aliphatic rings. The van der Waals surface area contributed by atoms with Gasteiger partial charge in [-0.1, -0.05) is 78.2 Å². The van der Waals surface area contributed by atoms with E-state index >= 15 is 0 Å². The summed E-state index contributed by atoms with van der Waals surface area (Å²) in [6.45, 7) is 14.9. The molecule has 0 fully saturated rings. The quantitative estimate of drug-likeness (QED) is 0.552. The minimum atomic E-state index is 0. The molecule has 0 aromatic heterocycles. The molecule has 0 unspecified atom stereocenters. The molecular formula is C13H47N3.